The van der Waals surface area contributed by atoms with Crippen molar-refractivity contribution >= 4 is 23.1 Å². The Balaban J connectivity index is 1.45. The first kappa shape index (κ1) is 20.1. The number of carbonyl (C=O) groups excluding carboxylic acids is 1. The highest BCUT2D eigenvalue weighted by Crippen LogP contribution is 2.32. The van der Waals surface area contributed by atoms with Gasteiger partial charge in [0.2, 0.25) is 0 Å². The molecule has 5 rings (SSSR count). The van der Waals surface area contributed by atoms with E-state index in [-0.39, 0.29) is 11.9 Å². The number of carbonyl (C=O) groups is 1. The molecule has 1 aliphatic heterocycles. The van der Waals surface area contributed by atoms with Gasteiger partial charge in [-0.2, -0.15) is 0 Å². The number of amides is 1. The topological polar surface area (TPSA) is 110 Å². The Hall–Kier alpha value is -3.78. The van der Waals surface area contributed by atoms with E-state index in [4.69, 9.17) is 10.7 Å². The van der Waals surface area contributed by atoms with Crippen LogP contribution in [0.3, 0.4) is 0 Å². The summed E-state index contributed by atoms with van der Waals surface area (Å²) in [6, 6.07) is 11.4. The standard InChI is InChI=1S/C24H25N7O/c1-2-15-9-11-27-19(14-15)29-24(32)17-7-5-16(6-8-17)20-21-22(25)28-12-13-31(21)23(30-20)18-4-3-10-26-18/h5-9,11-14,18,26H,2-4,10H2,1H3,(H2,25,28)(H,27,29,32)/t18-/m0/s1. The van der Waals surface area contributed by atoms with Crippen LogP contribution in [0.5, 0.6) is 0 Å². The molecule has 1 atom stereocenters. The zero-order valence-electron chi connectivity index (χ0n) is 17.9. The van der Waals surface area contributed by atoms with Crippen LogP contribution < -0.4 is 16.4 Å². The number of hydrogen-bond acceptors (Lipinski definition) is 6. The number of benzene rings is 1. The predicted octanol–water partition coefficient (Wildman–Crippen LogP) is 3.61. The van der Waals surface area contributed by atoms with Gasteiger partial charge in [0.1, 0.15) is 28.7 Å². The van der Waals surface area contributed by atoms with Gasteiger partial charge in [-0.3, -0.25) is 9.20 Å². The Morgan fingerprint density at radius 3 is 2.81 bits per heavy atom. The molecule has 8 heteroatoms. The SMILES string of the molecule is CCc1ccnc(NC(=O)c2ccc(-c3nc([C@@H]4CCCN4)n4ccnc(N)c34)cc2)c1. The van der Waals surface area contributed by atoms with Crippen molar-refractivity contribution in [2.24, 2.45) is 0 Å². The van der Waals surface area contributed by atoms with Crippen LogP contribution in [0.25, 0.3) is 16.8 Å². The molecule has 8 nitrogen and oxygen atoms in total. The molecule has 1 aliphatic rings. The summed E-state index contributed by atoms with van der Waals surface area (Å²) in [6.07, 6.45) is 8.34. The van der Waals surface area contributed by atoms with Gasteiger partial charge in [0.15, 0.2) is 0 Å². The molecule has 0 bridgehead atoms. The normalized spacial score (nSPS) is 15.8. The van der Waals surface area contributed by atoms with Crippen molar-refractivity contribution < 1.29 is 4.79 Å². The minimum absolute atomic E-state index is 0.189. The number of nitrogen functional groups attached to an aromatic ring is 1. The Morgan fingerprint density at radius 1 is 1.22 bits per heavy atom. The van der Waals surface area contributed by atoms with Crippen LogP contribution in [0.4, 0.5) is 11.6 Å². The quantitative estimate of drug-likeness (QED) is 0.449. The zero-order valence-corrected chi connectivity index (χ0v) is 17.9. The average Bonchev–Trinajstić information content (AvgIpc) is 3.48. The van der Waals surface area contributed by atoms with Gasteiger partial charge in [-0.1, -0.05) is 19.1 Å². The number of hydrogen-bond donors (Lipinski definition) is 3. The van der Waals surface area contributed by atoms with Crippen LogP contribution in [0.1, 0.15) is 47.6 Å². The number of nitrogens with one attached hydrogen (secondary N) is 2. The molecule has 1 saturated heterocycles. The smallest absolute Gasteiger partial charge is 0.256 e. The van der Waals surface area contributed by atoms with Crippen molar-refractivity contribution in [1.29, 1.82) is 0 Å². The highest BCUT2D eigenvalue weighted by Gasteiger charge is 2.24. The Kier molecular flexibility index (Phi) is 5.28. The molecule has 162 valence electrons. The maximum atomic E-state index is 12.7. The van der Waals surface area contributed by atoms with Gasteiger partial charge in [0.25, 0.3) is 5.91 Å². The zero-order chi connectivity index (χ0) is 22.1. The second-order valence-corrected chi connectivity index (χ2v) is 7.93. The molecule has 0 saturated carbocycles. The molecule has 0 radical (unpaired) electrons. The van der Waals surface area contributed by atoms with Crippen molar-refractivity contribution in [3.05, 3.63) is 71.9 Å². The van der Waals surface area contributed by atoms with E-state index in [1.54, 1.807) is 24.5 Å². The molecule has 4 N–H and O–H groups in total. The largest absolute Gasteiger partial charge is 0.382 e. The fourth-order valence-corrected chi connectivity index (χ4v) is 4.17. The number of aryl methyl sites for hydroxylation is 1. The minimum Gasteiger partial charge on any atom is -0.382 e. The molecule has 1 fully saturated rings. The lowest BCUT2D eigenvalue weighted by molar-refractivity contribution is 0.102. The number of pyridine rings is 1. The second kappa shape index (κ2) is 8.39. The van der Waals surface area contributed by atoms with E-state index in [0.29, 0.717) is 17.2 Å². The van der Waals surface area contributed by atoms with E-state index >= 15 is 0 Å². The number of nitrogens with zero attached hydrogens (tertiary/aromatic N) is 4. The van der Waals surface area contributed by atoms with Crippen LogP contribution in [-0.4, -0.2) is 31.8 Å². The molecule has 0 spiro atoms. The first-order valence-electron chi connectivity index (χ1n) is 10.9. The van der Waals surface area contributed by atoms with E-state index in [0.717, 1.165) is 54.0 Å². The number of imidazole rings is 1. The highest BCUT2D eigenvalue weighted by atomic mass is 16.1. The first-order valence-corrected chi connectivity index (χ1v) is 10.9. The predicted molar refractivity (Wildman–Crippen MR) is 124 cm³/mol. The third-order valence-corrected chi connectivity index (χ3v) is 5.88. The summed E-state index contributed by atoms with van der Waals surface area (Å²) in [7, 11) is 0. The summed E-state index contributed by atoms with van der Waals surface area (Å²) < 4.78 is 2.02. The van der Waals surface area contributed by atoms with Gasteiger partial charge in [-0.05, 0) is 55.6 Å². The lowest BCUT2D eigenvalue weighted by Crippen LogP contribution is -2.16. The lowest BCUT2D eigenvalue weighted by Gasteiger charge is -2.08. The fourth-order valence-electron chi connectivity index (χ4n) is 4.17. The van der Waals surface area contributed by atoms with Crippen molar-refractivity contribution in [3.63, 3.8) is 0 Å². The van der Waals surface area contributed by atoms with Crippen LogP contribution in [0.2, 0.25) is 0 Å². The average molecular weight is 428 g/mol. The van der Waals surface area contributed by atoms with Gasteiger partial charge in [-0.15, -0.1) is 0 Å². The Bertz CT molecular complexity index is 1270. The maximum Gasteiger partial charge on any atom is 0.256 e. The number of fused-ring (bicyclic) bond motifs is 1. The number of nitrogens with two attached hydrogens (primary N) is 1. The van der Waals surface area contributed by atoms with Crippen molar-refractivity contribution in [2.75, 3.05) is 17.6 Å². The number of aromatic nitrogens is 4. The summed E-state index contributed by atoms with van der Waals surface area (Å²) in [5.74, 6) is 1.71. The third-order valence-electron chi connectivity index (χ3n) is 5.88. The van der Waals surface area contributed by atoms with Gasteiger partial charge >= 0.3 is 0 Å². The second-order valence-electron chi connectivity index (χ2n) is 7.93. The summed E-state index contributed by atoms with van der Waals surface area (Å²) in [4.78, 5) is 26.1. The summed E-state index contributed by atoms with van der Waals surface area (Å²) >= 11 is 0. The molecular formula is C24H25N7O. The molecule has 3 aromatic heterocycles. The molecule has 4 aromatic rings. The summed E-state index contributed by atoms with van der Waals surface area (Å²) in [5, 5.41) is 6.37. The molecule has 1 aromatic carbocycles. The number of rotatable bonds is 5. The lowest BCUT2D eigenvalue weighted by atomic mass is 10.1. The molecule has 0 unspecified atom stereocenters. The van der Waals surface area contributed by atoms with E-state index in [9.17, 15) is 4.79 Å². The van der Waals surface area contributed by atoms with Crippen LogP contribution in [0, 0.1) is 0 Å². The van der Waals surface area contributed by atoms with Crippen molar-refractivity contribution in [2.45, 2.75) is 32.2 Å². The number of anilines is 2. The van der Waals surface area contributed by atoms with Gasteiger partial charge < -0.3 is 16.4 Å². The van der Waals surface area contributed by atoms with Gasteiger partial charge in [-0.25, -0.2) is 15.0 Å². The minimum atomic E-state index is -0.205. The van der Waals surface area contributed by atoms with Gasteiger partial charge in [0, 0.05) is 29.7 Å². The fraction of sp³-hybridized carbons (Fsp3) is 0.250. The summed E-state index contributed by atoms with van der Waals surface area (Å²) in [5.41, 5.74) is 10.3. The molecule has 32 heavy (non-hydrogen) atoms. The van der Waals surface area contributed by atoms with Crippen molar-refractivity contribution in [3.8, 4) is 11.3 Å². The monoisotopic (exact) mass is 427 g/mol. The van der Waals surface area contributed by atoms with Crippen molar-refractivity contribution in [1.82, 2.24) is 24.7 Å². The van der Waals surface area contributed by atoms with Gasteiger partial charge in [0.05, 0.1) is 6.04 Å². The third kappa shape index (κ3) is 3.69. The Morgan fingerprint density at radius 2 is 2.06 bits per heavy atom. The van der Waals surface area contributed by atoms with E-state index in [2.05, 4.69) is 27.5 Å². The van der Waals surface area contributed by atoms with E-state index in [1.807, 2.05) is 34.9 Å². The highest BCUT2D eigenvalue weighted by molar-refractivity contribution is 6.04. The van der Waals surface area contributed by atoms with Crippen LogP contribution >= 0.6 is 0 Å². The molecular weight excluding hydrogens is 402 g/mol. The molecule has 4 heterocycles. The van der Waals surface area contributed by atoms with Crippen LogP contribution in [-0.2, 0) is 6.42 Å². The maximum absolute atomic E-state index is 12.7. The van der Waals surface area contributed by atoms with E-state index in [1.165, 1.54) is 0 Å². The Labute approximate surface area is 185 Å². The molecule has 1 amide bonds. The molecule has 0 aliphatic carbocycles. The first-order chi connectivity index (χ1) is 15.6. The summed E-state index contributed by atoms with van der Waals surface area (Å²) in [6.45, 7) is 3.05. The van der Waals surface area contributed by atoms with E-state index < -0.39 is 0 Å². The van der Waals surface area contributed by atoms with Crippen LogP contribution in [0.15, 0.2) is 55.0 Å².